The van der Waals surface area contributed by atoms with Crippen LogP contribution in [-0.2, 0) is 19.1 Å². The molecule has 3 aromatic heterocycles. The van der Waals surface area contributed by atoms with Crippen LogP contribution >= 0.6 is 0 Å². The van der Waals surface area contributed by atoms with Crippen molar-refractivity contribution >= 4 is 34.9 Å². The van der Waals surface area contributed by atoms with Crippen LogP contribution in [0, 0.1) is 11.8 Å². The van der Waals surface area contributed by atoms with E-state index in [4.69, 9.17) is 28.9 Å². The van der Waals surface area contributed by atoms with E-state index in [1.165, 1.54) is 27.1 Å². The maximum absolute atomic E-state index is 13.9. The van der Waals surface area contributed by atoms with Crippen LogP contribution in [0.5, 0.6) is 11.5 Å². The lowest BCUT2D eigenvalue weighted by atomic mass is 10.0. The molecule has 4 amide bonds. The van der Waals surface area contributed by atoms with E-state index in [0.29, 0.717) is 30.5 Å². The average molecular weight is 966 g/mol. The van der Waals surface area contributed by atoms with Crippen LogP contribution in [0.2, 0.25) is 0 Å². The number of hydrogen-bond acceptors (Lipinski definition) is 10. The fourth-order valence-corrected chi connectivity index (χ4v) is 10.9. The van der Waals surface area contributed by atoms with Gasteiger partial charge >= 0.3 is 12.2 Å². The number of imidazole rings is 2. The molecule has 1 aliphatic carbocycles. The van der Waals surface area contributed by atoms with Crippen molar-refractivity contribution in [2.75, 3.05) is 27.3 Å². The third-order valence-electron chi connectivity index (χ3n) is 14.6. The monoisotopic (exact) mass is 965 g/mol. The fraction of sp³-hybridized carbons (Fsp3) is 0.444. The summed E-state index contributed by atoms with van der Waals surface area (Å²) in [6.07, 6.45) is 9.60. The van der Waals surface area contributed by atoms with Gasteiger partial charge in [-0.3, -0.25) is 9.59 Å². The molecule has 6 aromatic rings. The normalized spacial score (nSPS) is 19.6. The number of nitrogens with one attached hydrogen (secondary N) is 4. The van der Waals surface area contributed by atoms with Gasteiger partial charge in [0.2, 0.25) is 18.0 Å². The minimum atomic E-state index is -0.729. The average Bonchev–Trinajstić information content (AvgIpc) is 4.24. The Labute approximate surface area is 413 Å². The number of alkyl carbamates (subject to hydrolysis) is 2. The van der Waals surface area contributed by atoms with Crippen LogP contribution in [0.4, 0.5) is 9.59 Å². The Kier molecular flexibility index (Phi) is 13.2. The first kappa shape index (κ1) is 47.4. The molecule has 4 aliphatic rings. The van der Waals surface area contributed by atoms with Gasteiger partial charge in [-0.1, -0.05) is 52.0 Å². The summed E-state index contributed by atoms with van der Waals surface area (Å²) in [4.78, 5) is 72.4. The summed E-state index contributed by atoms with van der Waals surface area (Å²) in [6.45, 7) is 8.75. The van der Waals surface area contributed by atoms with Crippen molar-refractivity contribution in [1.29, 1.82) is 0 Å². The van der Waals surface area contributed by atoms with Crippen molar-refractivity contribution in [3.05, 3.63) is 96.3 Å². The first-order valence-electron chi connectivity index (χ1n) is 25.0. The highest BCUT2D eigenvalue weighted by molar-refractivity contribution is 5.93. The summed E-state index contributed by atoms with van der Waals surface area (Å²) in [7, 11) is 2.59. The van der Waals surface area contributed by atoms with Crippen molar-refractivity contribution in [1.82, 2.24) is 44.9 Å². The van der Waals surface area contributed by atoms with Crippen molar-refractivity contribution in [2.24, 2.45) is 11.8 Å². The Bertz CT molecular complexity index is 2950. The standard InChI is InChI=1S/C54H63N9O8/c1-30(2)46(59-53(66)68-5)50(64)61-22-10-16-42(61)48-55-28-39(57-48)32-19-21-41-35(24-32)26-44-38-20-18-33(27-45(38)71-52(63(41)44)34-12-9-15-37(25-34)70-36-13-7-8-14-36)40-29-56-49(58-40)43-17-11-23-62(43)51(65)47(31(3)4)60-54(67)69-6/h9,12,15,18-21,24-31,36,42-43,46-47,52H,7-8,10-11,13-14,16-17,22-23H2,1-6H3,(H,55,57)(H,56,58)(H,59,66)(H,60,67)/t42-,43-,46-,47-,52?/m0/s1. The Hall–Kier alpha value is -7.30. The molecule has 372 valence electrons. The molecule has 71 heavy (non-hydrogen) atoms. The maximum Gasteiger partial charge on any atom is 0.407 e. The largest absolute Gasteiger partial charge is 0.490 e. The number of amides is 4. The molecule has 17 nitrogen and oxygen atoms in total. The Morgan fingerprint density at radius 1 is 0.690 bits per heavy atom. The molecule has 0 radical (unpaired) electrons. The van der Waals surface area contributed by atoms with E-state index in [0.717, 1.165) is 94.5 Å². The number of aromatic amines is 2. The molecule has 1 unspecified atom stereocenters. The van der Waals surface area contributed by atoms with Crippen LogP contribution < -0.4 is 20.1 Å². The molecule has 3 aromatic carbocycles. The number of rotatable bonds is 13. The highest BCUT2D eigenvalue weighted by Gasteiger charge is 2.39. The first-order valence-corrected chi connectivity index (χ1v) is 25.0. The first-order chi connectivity index (χ1) is 34.4. The number of ether oxygens (including phenoxy) is 4. The smallest absolute Gasteiger partial charge is 0.407 e. The molecule has 5 atom stereocenters. The van der Waals surface area contributed by atoms with E-state index < -0.39 is 30.5 Å². The van der Waals surface area contributed by atoms with Crippen LogP contribution in [0.3, 0.4) is 0 Å². The molecule has 17 heteroatoms. The highest BCUT2D eigenvalue weighted by atomic mass is 16.5. The number of methoxy groups -OCH3 is 2. The third kappa shape index (κ3) is 9.29. The summed E-state index contributed by atoms with van der Waals surface area (Å²) in [5.74, 6) is 2.32. The number of H-pyrrole nitrogens is 2. The molecule has 10 rings (SSSR count). The number of carbonyl (C=O) groups excluding carboxylic acids is 4. The van der Waals surface area contributed by atoms with Crippen molar-refractivity contribution in [3.8, 4) is 45.3 Å². The molecule has 1 saturated carbocycles. The van der Waals surface area contributed by atoms with Crippen LogP contribution in [-0.4, -0.2) is 104 Å². The molecular formula is C54H63N9O8. The van der Waals surface area contributed by atoms with Crippen LogP contribution in [0.1, 0.15) is 115 Å². The van der Waals surface area contributed by atoms with E-state index >= 15 is 0 Å². The van der Waals surface area contributed by atoms with Gasteiger partial charge in [-0.25, -0.2) is 19.6 Å². The predicted molar refractivity (Wildman–Crippen MR) is 266 cm³/mol. The van der Waals surface area contributed by atoms with E-state index in [1.54, 1.807) is 6.20 Å². The number of hydrogen-bond donors (Lipinski definition) is 4. The second-order valence-corrected chi connectivity index (χ2v) is 19.9. The van der Waals surface area contributed by atoms with Gasteiger partial charge in [0.05, 0.1) is 67.4 Å². The SMILES string of the molecule is COC(=O)N[C@H](C(=O)N1CCC[C@H]1c1ncc(-c2ccc3c(c2)OC(c2cccc(OC4CCCC4)c2)n2c-3cc3cc(-c4cnc([C@@H]5CCCN5C(=O)[C@@H](NC(=O)OC)C(C)C)[nH]4)ccc32)[nH]1)C(C)C. The van der Waals surface area contributed by atoms with Gasteiger partial charge in [0.1, 0.15) is 35.2 Å². The van der Waals surface area contributed by atoms with E-state index in [9.17, 15) is 19.2 Å². The molecule has 4 N–H and O–H groups in total. The number of benzene rings is 3. The molecule has 0 bridgehead atoms. The van der Waals surface area contributed by atoms with Gasteiger partial charge in [0.15, 0.2) is 0 Å². The van der Waals surface area contributed by atoms with Crippen molar-refractivity contribution in [3.63, 3.8) is 0 Å². The lowest BCUT2D eigenvalue weighted by Gasteiger charge is -2.31. The Balaban J connectivity index is 0.965. The third-order valence-corrected chi connectivity index (χ3v) is 14.6. The van der Waals surface area contributed by atoms with Crippen molar-refractivity contribution in [2.45, 2.75) is 116 Å². The molecule has 6 heterocycles. The molecule has 3 fully saturated rings. The Morgan fingerprint density at radius 3 is 1.85 bits per heavy atom. The summed E-state index contributed by atoms with van der Waals surface area (Å²) >= 11 is 0. The summed E-state index contributed by atoms with van der Waals surface area (Å²) in [5, 5.41) is 6.47. The number of likely N-dealkylation sites (tertiary alicyclic amines) is 2. The zero-order valence-electron chi connectivity index (χ0n) is 41.2. The zero-order chi connectivity index (χ0) is 49.5. The minimum absolute atomic E-state index is 0.135. The van der Waals surface area contributed by atoms with Crippen molar-refractivity contribution < 1.29 is 38.1 Å². The summed E-state index contributed by atoms with van der Waals surface area (Å²) < 4.78 is 25.5. The predicted octanol–water partition coefficient (Wildman–Crippen LogP) is 9.44. The molecule has 3 aliphatic heterocycles. The van der Waals surface area contributed by atoms with Crippen LogP contribution in [0.25, 0.3) is 44.7 Å². The number of aromatic nitrogens is 5. The van der Waals surface area contributed by atoms with Gasteiger partial charge < -0.3 is 53.9 Å². The van der Waals surface area contributed by atoms with Gasteiger partial charge in [0.25, 0.3) is 0 Å². The number of nitrogens with zero attached hydrogens (tertiary/aromatic N) is 5. The van der Waals surface area contributed by atoms with Crippen LogP contribution in [0.15, 0.2) is 79.1 Å². The fourth-order valence-electron chi connectivity index (χ4n) is 10.9. The van der Waals surface area contributed by atoms with Gasteiger partial charge in [-0.15, -0.1) is 0 Å². The lowest BCUT2D eigenvalue weighted by Crippen LogP contribution is -2.51. The van der Waals surface area contributed by atoms with E-state index in [2.05, 4.69) is 79.8 Å². The quantitative estimate of drug-likeness (QED) is 0.0865. The molecule has 2 saturated heterocycles. The second-order valence-electron chi connectivity index (χ2n) is 19.9. The topological polar surface area (TPSA) is 198 Å². The van der Waals surface area contributed by atoms with E-state index in [-0.39, 0.29) is 41.8 Å². The lowest BCUT2D eigenvalue weighted by molar-refractivity contribution is -0.136. The van der Waals surface area contributed by atoms with Gasteiger partial charge in [-0.05, 0) is 106 Å². The number of fused-ring (bicyclic) bond motifs is 5. The maximum atomic E-state index is 13.9. The minimum Gasteiger partial charge on any atom is -0.490 e. The zero-order valence-corrected chi connectivity index (χ0v) is 41.2. The number of carbonyl (C=O) groups is 4. The van der Waals surface area contributed by atoms with Gasteiger partial charge in [0, 0.05) is 40.7 Å². The second kappa shape index (κ2) is 19.8. The summed E-state index contributed by atoms with van der Waals surface area (Å²) in [6, 6.07) is 21.0. The Morgan fingerprint density at radius 2 is 1.27 bits per heavy atom. The highest BCUT2D eigenvalue weighted by Crippen LogP contribution is 2.47. The van der Waals surface area contributed by atoms with Gasteiger partial charge in [-0.2, -0.15) is 0 Å². The molecule has 0 spiro atoms. The van der Waals surface area contributed by atoms with E-state index in [1.807, 2.05) is 55.8 Å². The summed E-state index contributed by atoms with van der Waals surface area (Å²) in [5.41, 5.74) is 7.31. The molecular weight excluding hydrogens is 903 g/mol.